The van der Waals surface area contributed by atoms with Crippen molar-refractivity contribution in [3.8, 4) is 0 Å². The Bertz CT molecular complexity index is 1470. The van der Waals surface area contributed by atoms with Crippen LogP contribution in [0.25, 0.3) is 0 Å². The van der Waals surface area contributed by atoms with Crippen LogP contribution in [-0.4, -0.2) is 83.4 Å². The van der Waals surface area contributed by atoms with E-state index in [4.69, 9.17) is 4.74 Å². The minimum Gasteiger partial charge on any atom is -0.479 e. The number of allylic oxidation sites excluding steroid dienone is 1. The molecule has 45 heavy (non-hydrogen) atoms. The zero-order valence-corrected chi connectivity index (χ0v) is 27.0. The molecular formula is C32H44N4O8S. The molecule has 2 fully saturated rings. The number of nitrogens with one attached hydrogen (secondary N) is 2. The fourth-order valence-corrected chi connectivity index (χ4v) is 8.15. The van der Waals surface area contributed by atoms with E-state index in [2.05, 4.69) is 10.6 Å². The average molecular weight is 645 g/mol. The van der Waals surface area contributed by atoms with Gasteiger partial charge in [-0.15, -0.1) is 0 Å². The van der Waals surface area contributed by atoms with E-state index in [9.17, 15) is 32.7 Å². The van der Waals surface area contributed by atoms with Crippen LogP contribution in [0.1, 0.15) is 77.7 Å². The third-order valence-electron chi connectivity index (χ3n) is 9.43. The zero-order valence-electron chi connectivity index (χ0n) is 26.2. The van der Waals surface area contributed by atoms with Gasteiger partial charge in [0.25, 0.3) is 0 Å². The number of carboxylic acids is 1. The quantitative estimate of drug-likeness (QED) is 0.412. The van der Waals surface area contributed by atoms with Crippen LogP contribution in [0.2, 0.25) is 0 Å². The van der Waals surface area contributed by atoms with Crippen molar-refractivity contribution < 1.29 is 37.4 Å². The highest BCUT2D eigenvalue weighted by Gasteiger charge is 2.61. The highest BCUT2D eigenvalue weighted by atomic mass is 32.2. The second kappa shape index (κ2) is 12.7. The van der Waals surface area contributed by atoms with Crippen molar-refractivity contribution in [2.75, 3.05) is 13.1 Å². The fourth-order valence-electron chi connectivity index (χ4n) is 6.52. The highest BCUT2D eigenvalue weighted by molar-refractivity contribution is 7.89. The Labute approximate surface area is 264 Å². The second-order valence-corrected chi connectivity index (χ2v) is 15.6. The van der Waals surface area contributed by atoms with Gasteiger partial charge in [0.05, 0.1) is 11.4 Å². The number of benzene rings is 1. The van der Waals surface area contributed by atoms with Crippen LogP contribution < -0.4 is 10.6 Å². The van der Waals surface area contributed by atoms with Crippen molar-refractivity contribution in [3.63, 3.8) is 0 Å². The first kappa shape index (κ1) is 32.9. The molecule has 13 heteroatoms. The summed E-state index contributed by atoms with van der Waals surface area (Å²) in [6.07, 6.45) is 6.75. The summed E-state index contributed by atoms with van der Waals surface area (Å²) in [6, 6.07) is 4.99. The molecule has 246 valence electrons. The average Bonchev–Trinajstić information content (AvgIpc) is 3.32. The maximum Gasteiger partial charge on any atom is 0.408 e. The smallest absolute Gasteiger partial charge is 0.408 e. The number of carbonyl (C=O) groups is 4. The van der Waals surface area contributed by atoms with Crippen molar-refractivity contribution >= 4 is 33.9 Å². The Morgan fingerprint density at radius 2 is 1.89 bits per heavy atom. The molecule has 3 N–H and O–H groups in total. The van der Waals surface area contributed by atoms with E-state index in [1.54, 1.807) is 24.3 Å². The Kier molecular flexibility index (Phi) is 9.33. The lowest BCUT2D eigenvalue weighted by molar-refractivity contribution is -0.145. The minimum absolute atomic E-state index is 0.0548. The van der Waals surface area contributed by atoms with Gasteiger partial charge < -0.3 is 25.4 Å². The number of nitrogens with zero attached hydrogens (tertiary/aromatic N) is 2. The summed E-state index contributed by atoms with van der Waals surface area (Å²) in [5.74, 6) is -2.30. The van der Waals surface area contributed by atoms with Crippen LogP contribution in [-0.2, 0) is 35.7 Å². The van der Waals surface area contributed by atoms with Gasteiger partial charge in [-0.2, -0.15) is 4.31 Å². The number of fused-ring (bicyclic) bond motifs is 3. The van der Waals surface area contributed by atoms with Gasteiger partial charge in [-0.05, 0) is 50.2 Å². The molecule has 3 heterocycles. The molecular weight excluding hydrogens is 600 g/mol. The standard InChI is InChI=1S/C32H44N4O8S/c1-31(2,3)26(20-35-19-21-12-9-10-16-25(21)45(35,42)43)44-30(41)33-23-14-8-6-4-5-7-13-22-18-32(22,29(39)40)34-27(37)24-15-11-17-36(24)28(23)38/h7,9-10,12-13,16,22-24,26H,4-6,8,11,14-15,17-20H2,1-3H3,(H,33,41)(H,34,37)(H,39,40)/b13-7-/t22?,23-,24-,26?,32+/m0/s1. The van der Waals surface area contributed by atoms with Crippen molar-refractivity contribution in [2.45, 2.75) is 107 Å². The summed E-state index contributed by atoms with van der Waals surface area (Å²) < 4.78 is 33.6. The van der Waals surface area contributed by atoms with E-state index in [1.165, 1.54) is 9.21 Å². The molecule has 0 spiro atoms. The van der Waals surface area contributed by atoms with Gasteiger partial charge in [0.2, 0.25) is 21.8 Å². The number of sulfonamides is 1. The van der Waals surface area contributed by atoms with E-state index in [0.717, 1.165) is 19.3 Å². The predicted molar refractivity (Wildman–Crippen MR) is 164 cm³/mol. The third kappa shape index (κ3) is 6.89. The van der Waals surface area contributed by atoms with Crippen LogP contribution in [0, 0.1) is 11.3 Å². The molecule has 1 saturated carbocycles. The molecule has 3 aliphatic heterocycles. The third-order valence-corrected chi connectivity index (χ3v) is 11.3. The molecule has 5 atom stereocenters. The van der Waals surface area contributed by atoms with E-state index in [0.29, 0.717) is 44.2 Å². The van der Waals surface area contributed by atoms with Gasteiger partial charge >= 0.3 is 12.1 Å². The molecule has 0 radical (unpaired) electrons. The maximum absolute atomic E-state index is 13.9. The first-order valence-corrected chi connectivity index (χ1v) is 17.3. The zero-order chi connectivity index (χ0) is 32.6. The van der Waals surface area contributed by atoms with Crippen LogP contribution in [0.3, 0.4) is 0 Å². The van der Waals surface area contributed by atoms with Crippen LogP contribution >= 0.6 is 0 Å². The van der Waals surface area contributed by atoms with E-state index in [-0.39, 0.29) is 23.9 Å². The normalized spacial score (nSPS) is 30.0. The Morgan fingerprint density at radius 1 is 1.13 bits per heavy atom. The molecule has 1 aromatic rings. The molecule has 1 aliphatic carbocycles. The molecule has 3 amide bonds. The Hall–Kier alpha value is -3.45. The fraction of sp³-hybridized carbons (Fsp3) is 0.625. The maximum atomic E-state index is 13.9. The Morgan fingerprint density at radius 3 is 2.60 bits per heavy atom. The largest absolute Gasteiger partial charge is 0.479 e. The lowest BCUT2D eigenvalue weighted by Crippen LogP contribution is -2.56. The van der Waals surface area contributed by atoms with E-state index >= 15 is 0 Å². The van der Waals surface area contributed by atoms with Gasteiger partial charge in [0.1, 0.15) is 23.7 Å². The van der Waals surface area contributed by atoms with E-state index < -0.39 is 63.0 Å². The molecule has 5 rings (SSSR count). The topological polar surface area (TPSA) is 162 Å². The number of hydrogen-bond donors (Lipinski definition) is 3. The number of aliphatic carboxylic acids is 1. The first-order valence-electron chi connectivity index (χ1n) is 15.8. The molecule has 1 saturated heterocycles. The Balaban J connectivity index is 1.30. The molecule has 2 unspecified atom stereocenters. The monoisotopic (exact) mass is 644 g/mol. The number of ether oxygens (including phenoxy) is 1. The van der Waals surface area contributed by atoms with Crippen molar-refractivity contribution in [1.29, 1.82) is 0 Å². The van der Waals surface area contributed by atoms with Gasteiger partial charge in [0.15, 0.2) is 0 Å². The summed E-state index contributed by atoms with van der Waals surface area (Å²) in [5.41, 5.74) is -1.31. The number of hydrogen-bond acceptors (Lipinski definition) is 7. The molecule has 4 aliphatic rings. The van der Waals surface area contributed by atoms with Crippen molar-refractivity contribution in [3.05, 3.63) is 42.0 Å². The molecule has 1 aromatic carbocycles. The van der Waals surface area contributed by atoms with Crippen LogP contribution in [0.15, 0.2) is 41.3 Å². The number of amides is 3. The number of alkyl carbamates (subject to hydrolysis) is 1. The van der Waals surface area contributed by atoms with Gasteiger partial charge in [-0.3, -0.25) is 9.59 Å². The first-order chi connectivity index (χ1) is 21.2. The number of carbonyl (C=O) groups excluding carboxylic acids is 3. The molecule has 0 bridgehead atoms. The summed E-state index contributed by atoms with van der Waals surface area (Å²) in [7, 11) is -3.75. The highest BCUT2D eigenvalue weighted by Crippen LogP contribution is 2.45. The molecule has 12 nitrogen and oxygen atoms in total. The van der Waals surface area contributed by atoms with Crippen LogP contribution in [0.4, 0.5) is 4.79 Å². The number of rotatable bonds is 5. The second-order valence-electron chi connectivity index (χ2n) is 13.7. The van der Waals surface area contributed by atoms with Gasteiger partial charge in [-0.1, -0.05) is 64.0 Å². The lowest BCUT2D eigenvalue weighted by Gasteiger charge is -2.34. The molecule has 0 aromatic heterocycles. The summed E-state index contributed by atoms with van der Waals surface area (Å²) >= 11 is 0. The van der Waals surface area contributed by atoms with Gasteiger partial charge in [0, 0.05) is 24.4 Å². The number of carboxylic acid groups (broad SMARTS) is 1. The SMILES string of the molecule is CC(C)(C)C(CN1Cc2ccccc2S1(=O)=O)OC(=O)N[C@H]1CCCCC/C=C\C2C[C@@]2(C(=O)O)NC(=O)[C@@H]2CCCN2C1=O. The van der Waals surface area contributed by atoms with Crippen molar-refractivity contribution in [2.24, 2.45) is 11.3 Å². The van der Waals surface area contributed by atoms with Crippen LogP contribution in [0.5, 0.6) is 0 Å². The summed E-state index contributed by atoms with van der Waals surface area (Å²) in [6.45, 7) is 5.99. The summed E-state index contributed by atoms with van der Waals surface area (Å²) in [5, 5.41) is 15.4. The van der Waals surface area contributed by atoms with E-state index in [1.807, 2.05) is 32.9 Å². The van der Waals surface area contributed by atoms with Gasteiger partial charge in [-0.25, -0.2) is 18.0 Å². The predicted octanol–water partition coefficient (Wildman–Crippen LogP) is 3.17. The lowest BCUT2D eigenvalue weighted by atomic mass is 9.89. The van der Waals surface area contributed by atoms with Crippen molar-refractivity contribution in [1.82, 2.24) is 19.8 Å². The minimum atomic E-state index is -3.75. The summed E-state index contributed by atoms with van der Waals surface area (Å²) in [4.78, 5) is 54.4.